The van der Waals surface area contributed by atoms with Crippen LogP contribution in [0.4, 0.5) is 24.7 Å². The SMILES string of the molecule is FC(F)(F)c1nc(Nc2cc(Cl)cc(Cl)c2)c2cc(Br)ccc2n1. The summed E-state index contributed by atoms with van der Waals surface area (Å²) in [5.74, 6) is -1.22. The van der Waals surface area contributed by atoms with Crippen molar-refractivity contribution in [3.63, 3.8) is 0 Å². The number of nitrogens with one attached hydrogen (secondary N) is 1. The Kier molecular flexibility index (Phi) is 4.59. The maximum Gasteiger partial charge on any atom is 0.451 e. The highest BCUT2D eigenvalue weighted by Gasteiger charge is 2.35. The highest BCUT2D eigenvalue weighted by molar-refractivity contribution is 9.10. The first kappa shape index (κ1) is 17.3. The van der Waals surface area contributed by atoms with Crippen LogP contribution >= 0.6 is 39.1 Å². The van der Waals surface area contributed by atoms with E-state index in [4.69, 9.17) is 23.2 Å². The van der Waals surface area contributed by atoms with E-state index < -0.39 is 12.0 Å². The van der Waals surface area contributed by atoms with Gasteiger partial charge in [-0.2, -0.15) is 13.2 Å². The number of halogens is 6. The Morgan fingerprint density at radius 3 is 2.25 bits per heavy atom. The van der Waals surface area contributed by atoms with Crippen LogP contribution in [-0.2, 0) is 6.18 Å². The van der Waals surface area contributed by atoms with Crippen molar-refractivity contribution in [3.05, 3.63) is 56.7 Å². The molecule has 3 rings (SSSR count). The number of fused-ring (bicyclic) bond motifs is 1. The van der Waals surface area contributed by atoms with Crippen LogP contribution in [0.25, 0.3) is 10.9 Å². The normalized spacial score (nSPS) is 11.8. The van der Waals surface area contributed by atoms with Crippen molar-refractivity contribution in [2.75, 3.05) is 5.32 Å². The van der Waals surface area contributed by atoms with Gasteiger partial charge in [-0.1, -0.05) is 39.1 Å². The molecule has 3 nitrogen and oxygen atoms in total. The molecule has 124 valence electrons. The zero-order chi connectivity index (χ0) is 17.5. The van der Waals surface area contributed by atoms with Crippen LogP contribution in [0, 0.1) is 0 Å². The summed E-state index contributed by atoms with van der Waals surface area (Å²) < 4.78 is 39.8. The average Bonchev–Trinajstić information content (AvgIpc) is 2.45. The van der Waals surface area contributed by atoms with Gasteiger partial charge < -0.3 is 5.32 Å². The van der Waals surface area contributed by atoms with Gasteiger partial charge >= 0.3 is 6.18 Å². The lowest BCUT2D eigenvalue weighted by molar-refractivity contribution is -0.144. The van der Waals surface area contributed by atoms with Crippen molar-refractivity contribution < 1.29 is 13.2 Å². The number of benzene rings is 2. The molecule has 0 saturated heterocycles. The zero-order valence-electron chi connectivity index (χ0n) is 11.6. The van der Waals surface area contributed by atoms with Crippen LogP contribution in [0.2, 0.25) is 10.0 Å². The third kappa shape index (κ3) is 3.74. The monoisotopic (exact) mass is 435 g/mol. The largest absolute Gasteiger partial charge is 0.451 e. The minimum atomic E-state index is -4.66. The van der Waals surface area contributed by atoms with E-state index in [1.165, 1.54) is 24.3 Å². The standard InChI is InChI=1S/C15H7BrCl2F3N3/c16-7-1-2-12-11(3-7)13(24-14(23-12)15(19,20)21)22-10-5-8(17)4-9(18)6-10/h1-6H,(H,22,23,24). The van der Waals surface area contributed by atoms with Crippen LogP contribution in [0.1, 0.15) is 5.82 Å². The molecular weight excluding hydrogens is 430 g/mol. The Balaban J connectivity index is 2.18. The summed E-state index contributed by atoms with van der Waals surface area (Å²) in [6, 6.07) is 9.30. The van der Waals surface area contributed by atoms with E-state index in [-0.39, 0.29) is 11.3 Å². The molecule has 0 fully saturated rings. The van der Waals surface area contributed by atoms with Crippen molar-refractivity contribution in [2.24, 2.45) is 0 Å². The molecule has 0 saturated carbocycles. The Labute approximate surface area is 152 Å². The summed E-state index contributed by atoms with van der Waals surface area (Å²) in [7, 11) is 0. The number of alkyl halides is 3. The fourth-order valence-corrected chi connectivity index (χ4v) is 2.97. The fourth-order valence-electron chi connectivity index (χ4n) is 2.09. The topological polar surface area (TPSA) is 37.8 Å². The van der Waals surface area contributed by atoms with E-state index in [0.29, 0.717) is 25.6 Å². The number of anilines is 2. The Bertz CT molecular complexity index is 911. The lowest BCUT2D eigenvalue weighted by atomic mass is 10.2. The van der Waals surface area contributed by atoms with Gasteiger partial charge in [0, 0.05) is 25.6 Å². The minimum Gasteiger partial charge on any atom is -0.340 e. The van der Waals surface area contributed by atoms with Crippen molar-refractivity contribution in [1.29, 1.82) is 0 Å². The Morgan fingerprint density at radius 2 is 1.62 bits per heavy atom. The molecule has 1 heterocycles. The van der Waals surface area contributed by atoms with Gasteiger partial charge in [0.2, 0.25) is 5.82 Å². The van der Waals surface area contributed by atoms with Gasteiger partial charge in [0.05, 0.1) is 5.52 Å². The molecule has 9 heteroatoms. The van der Waals surface area contributed by atoms with Gasteiger partial charge in [-0.15, -0.1) is 0 Å². The van der Waals surface area contributed by atoms with E-state index in [1.54, 1.807) is 12.1 Å². The zero-order valence-corrected chi connectivity index (χ0v) is 14.7. The van der Waals surface area contributed by atoms with Crippen LogP contribution in [0.15, 0.2) is 40.9 Å². The molecule has 0 atom stereocenters. The van der Waals surface area contributed by atoms with Crippen molar-refractivity contribution in [2.45, 2.75) is 6.18 Å². The van der Waals surface area contributed by atoms with E-state index in [2.05, 4.69) is 31.2 Å². The third-order valence-electron chi connectivity index (χ3n) is 3.04. The van der Waals surface area contributed by atoms with Gasteiger partial charge in [0.15, 0.2) is 0 Å². The first-order chi connectivity index (χ1) is 11.2. The highest BCUT2D eigenvalue weighted by atomic mass is 79.9. The molecule has 0 radical (unpaired) electrons. The Morgan fingerprint density at radius 1 is 0.958 bits per heavy atom. The number of aromatic nitrogens is 2. The summed E-state index contributed by atoms with van der Waals surface area (Å²) in [6.07, 6.45) is -4.66. The molecule has 1 aromatic heterocycles. The first-order valence-electron chi connectivity index (χ1n) is 6.50. The van der Waals surface area contributed by atoms with E-state index >= 15 is 0 Å². The quantitative estimate of drug-likeness (QED) is 0.500. The maximum absolute atomic E-state index is 13.0. The molecule has 3 aromatic rings. The summed E-state index contributed by atoms with van der Waals surface area (Å²) in [5.41, 5.74) is 0.580. The molecule has 24 heavy (non-hydrogen) atoms. The van der Waals surface area contributed by atoms with E-state index in [0.717, 1.165) is 0 Å². The summed E-state index contributed by atoms with van der Waals surface area (Å²) >= 11 is 15.1. The maximum atomic E-state index is 13.0. The van der Waals surface area contributed by atoms with Gasteiger partial charge in [0.25, 0.3) is 0 Å². The molecule has 0 aliphatic carbocycles. The second kappa shape index (κ2) is 6.38. The number of rotatable bonds is 2. The molecule has 0 spiro atoms. The van der Waals surface area contributed by atoms with Crippen molar-refractivity contribution in [3.8, 4) is 0 Å². The molecule has 0 amide bonds. The molecule has 0 unspecified atom stereocenters. The molecule has 0 aliphatic rings. The van der Waals surface area contributed by atoms with Crippen LogP contribution in [0.5, 0.6) is 0 Å². The summed E-state index contributed by atoms with van der Waals surface area (Å²) in [4.78, 5) is 7.19. The third-order valence-corrected chi connectivity index (χ3v) is 3.97. The van der Waals surface area contributed by atoms with Gasteiger partial charge in [-0.3, -0.25) is 0 Å². The van der Waals surface area contributed by atoms with Gasteiger partial charge in [-0.25, -0.2) is 9.97 Å². The second-order valence-electron chi connectivity index (χ2n) is 4.84. The molecule has 2 aromatic carbocycles. The summed E-state index contributed by atoms with van der Waals surface area (Å²) in [6.45, 7) is 0. The molecule has 1 N–H and O–H groups in total. The van der Waals surface area contributed by atoms with Gasteiger partial charge in [-0.05, 0) is 36.4 Å². The van der Waals surface area contributed by atoms with Gasteiger partial charge in [0.1, 0.15) is 5.82 Å². The smallest absolute Gasteiger partial charge is 0.340 e. The van der Waals surface area contributed by atoms with Crippen molar-refractivity contribution in [1.82, 2.24) is 9.97 Å². The number of hydrogen-bond acceptors (Lipinski definition) is 3. The van der Waals surface area contributed by atoms with Crippen LogP contribution in [-0.4, -0.2) is 9.97 Å². The highest BCUT2D eigenvalue weighted by Crippen LogP contribution is 2.33. The predicted octanol–water partition coefficient (Wildman–Crippen LogP) is 6.46. The van der Waals surface area contributed by atoms with Crippen molar-refractivity contribution >= 4 is 61.5 Å². The minimum absolute atomic E-state index is 0.00644. The lowest BCUT2D eigenvalue weighted by Crippen LogP contribution is -2.12. The number of hydrogen-bond donors (Lipinski definition) is 1. The fraction of sp³-hybridized carbons (Fsp3) is 0.0667. The molecule has 0 aliphatic heterocycles. The molecular formula is C15H7BrCl2F3N3. The van der Waals surface area contributed by atoms with E-state index in [1.807, 2.05) is 0 Å². The molecule has 0 bridgehead atoms. The average molecular weight is 437 g/mol. The lowest BCUT2D eigenvalue weighted by Gasteiger charge is -2.13. The Hall–Kier alpha value is -1.57. The van der Waals surface area contributed by atoms with Crippen LogP contribution < -0.4 is 5.32 Å². The predicted molar refractivity (Wildman–Crippen MR) is 92.0 cm³/mol. The second-order valence-corrected chi connectivity index (χ2v) is 6.63. The summed E-state index contributed by atoms with van der Waals surface area (Å²) in [5, 5.41) is 3.95. The van der Waals surface area contributed by atoms with Crippen LogP contribution in [0.3, 0.4) is 0 Å². The first-order valence-corrected chi connectivity index (χ1v) is 8.05. The van der Waals surface area contributed by atoms with E-state index in [9.17, 15) is 13.2 Å². The number of nitrogens with zero attached hydrogens (tertiary/aromatic N) is 2.